The van der Waals surface area contributed by atoms with Crippen molar-refractivity contribution >= 4 is 11.7 Å². The largest absolute Gasteiger partial charge is 0.354 e. The molecule has 2 aromatic rings. The van der Waals surface area contributed by atoms with Gasteiger partial charge in [-0.05, 0) is 12.5 Å². The SMILES string of the molecule is Cc1ccc(C(=O)CCC(=O)NCC(N)c2ccccc2)cc1. The van der Waals surface area contributed by atoms with Crippen LogP contribution in [0, 0.1) is 6.92 Å². The van der Waals surface area contributed by atoms with Crippen LogP contribution >= 0.6 is 0 Å². The number of Topliss-reactive ketones (excluding diaryl/α,β-unsaturated/α-hetero) is 1. The summed E-state index contributed by atoms with van der Waals surface area (Å²) in [5.74, 6) is -0.177. The number of hydrogen-bond donors (Lipinski definition) is 2. The number of ketones is 1. The van der Waals surface area contributed by atoms with Gasteiger partial charge in [-0.25, -0.2) is 0 Å². The van der Waals surface area contributed by atoms with Gasteiger partial charge in [-0.1, -0.05) is 60.2 Å². The van der Waals surface area contributed by atoms with Crippen LogP contribution in [-0.4, -0.2) is 18.2 Å². The second-order valence-corrected chi connectivity index (χ2v) is 5.61. The molecule has 23 heavy (non-hydrogen) atoms. The summed E-state index contributed by atoms with van der Waals surface area (Å²) in [5.41, 5.74) is 8.75. The third-order valence-electron chi connectivity index (χ3n) is 3.70. The van der Waals surface area contributed by atoms with Gasteiger partial charge in [-0.3, -0.25) is 9.59 Å². The van der Waals surface area contributed by atoms with Crippen molar-refractivity contribution in [3.63, 3.8) is 0 Å². The van der Waals surface area contributed by atoms with Gasteiger partial charge in [-0.2, -0.15) is 0 Å². The van der Waals surface area contributed by atoms with Crippen molar-refractivity contribution in [3.05, 3.63) is 71.3 Å². The van der Waals surface area contributed by atoms with Crippen LogP contribution in [0.5, 0.6) is 0 Å². The molecule has 1 unspecified atom stereocenters. The van der Waals surface area contributed by atoms with Crippen LogP contribution in [0.2, 0.25) is 0 Å². The van der Waals surface area contributed by atoms with Gasteiger partial charge in [0.05, 0.1) is 0 Å². The number of rotatable bonds is 7. The first kappa shape index (κ1) is 16.9. The molecule has 0 aliphatic heterocycles. The van der Waals surface area contributed by atoms with Crippen LogP contribution in [-0.2, 0) is 4.79 Å². The van der Waals surface area contributed by atoms with Crippen molar-refractivity contribution in [1.82, 2.24) is 5.32 Å². The van der Waals surface area contributed by atoms with Crippen LogP contribution in [0.4, 0.5) is 0 Å². The van der Waals surface area contributed by atoms with Crippen LogP contribution in [0.25, 0.3) is 0 Å². The van der Waals surface area contributed by atoms with Crippen molar-refractivity contribution < 1.29 is 9.59 Å². The lowest BCUT2D eigenvalue weighted by atomic mass is 10.0. The topological polar surface area (TPSA) is 72.2 Å². The molecule has 0 heterocycles. The maximum atomic E-state index is 12.0. The zero-order valence-electron chi connectivity index (χ0n) is 13.3. The number of amides is 1. The second kappa shape index (κ2) is 8.25. The Kier molecular flexibility index (Phi) is 6.06. The highest BCUT2D eigenvalue weighted by molar-refractivity contribution is 5.97. The Hall–Kier alpha value is -2.46. The molecule has 0 saturated carbocycles. The normalized spacial score (nSPS) is 11.7. The average Bonchev–Trinajstić information content (AvgIpc) is 2.59. The third-order valence-corrected chi connectivity index (χ3v) is 3.70. The van der Waals surface area contributed by atoms with E-state index in [-0.39, 0.29) is 30.6 Å². The molecule has 0 aliphatic rings. The van der Waals surface area contributed by atoms with Gasteiger partial charge in [0.15, 0.2) is 5.78 Å². The molecule has 0 saturated heterocycles. The van der Waals surface area contributed by atoms with Crippen LogP contribution in [0.1, 0.15) is 40.4 Å². The fourth-order valence-electron chi connectivity index (χ4n) is 2.24. The molecule has 0 radical (unpaired) electrons. The molecule has 4 nitrogen and oxygen atoms in total. The lowest BCUT2D eigenvalue weighted by molar-refractivity contribution is -0.121. The van der Waals surface area contributed by atoms with Crippen LogP contribution in [0.15, 0.2) is 54.6 Å². The Bertz CT molecular complexity index is 651. The fourth-order valence-corrected chi connectivity index (χ4v) is 2.24. The highest BCUT2D eigenvalue weighted by atomic mass is 16.2. The standard InChI is InChI=1S/C19H22N2O2/c1-14-7-9-16(10-8-14)18(22)11-12-19(23)21-13-17(20)15-5-3-2-4-6-15/h2-10,17H,11-13,20H2,1H3,(H,21,23). The average molecular weight is 310 g/mol. The fraction of sp³-hybridized carbons (Fsp3) is 0.263. The molecule has 0 fully saturated rings. The summed E-state index contributed by atoms with van der Waals surface area (Å²) >= 11 is 0. The maximum Gasteiger partial charge on any atom is 0.220 e. The van der Waals surface area contributed by atoms with E-state index in [0.29, 0.717) is 12.1 Å². The first-order valence-electron chi connectivity index (χ1n) is 7.73. The van der Waals surface area contributed by atoms with E-state index >= 15 is 0 Å². The summed E-state index contributed by atoms with van der Waals surface area (Å²) in [7, 11) is 0. The molecule has 0 spiro atoms. The van der Waals surface area contributed by atoms with E-state index in [4.69, 9.17) is 5.73 Å². The highest BCUT2D eigenvalue weighted by Crippen LogP contribution is 2.09. The van der Waals surface area contributed by atoms with Gasteiger partial charge in [0, 0.05) is 31.0 Å². The lowest BCUT2D eigenvalue weighted by Gasteiger charge is -2.13. The van der Waals surface area contributed by atoms with E-state index in [2.05, 4.69) is 5.32 Å². The summed E-state index contributed by atoms with van der Waals surface area (Å²) in [6, 6.07) is 16.7. The summed E-state index contributed by atoms with van der Waals surface area (Å²) < 4.78 is 0. The van der Waals surface area contributed by atoms with Gasteiger partial charge in [0.1, 0.15) is 0 Å². The molecule has 3 N–H and O–H groups in total. The molecule has 4 heteroatoms. The van der Waals surface area contributed by atoms with E-state index in [1.165, 1.54) is 0 Å². The first-order chi connectivity index (χ1) is 11.1. The molecule has 2 aromatic carbocycles. The molecule has 0 bridgehead atoms. The molecule has 0 aromatic heterocycles. The first-order valence-corrected chi connectivity index (χ1v) is 7.73. The van der Waals surface area contributed by atoms with Crippen molar-refractivity contribution in [2.24, 2.45) is 5.73 Å². The lowest BCUT2D eigenvalue weighted by Crippen LogP contribution is -2.32. The van der Waals surface area contributed by atoms with Crippen LogP contribution in [0.3, 0.4) is 0 Å². The predicted octanol–water partition coefficient (Wildman–Crippen LogP) is 2.77. The summed E-state index contributed by atoms with van der Waals surface area (Å²) in [5, 5.41) is 2.78. The Balaban J connectivity index is 1.75. The summed E-state index contributed by atoms with van der Waals surface area (Å²) in [4.78, 5) is 23.9. The van der Waals surface area contributed by atoms with E-state index in [1.54, 1.807) is 12.1 Å². The van der Waals surface area contributed by atoms with E-state index < -0.39 is 0 Å². The van der Waals surface area contributed by atoms with Crippen molar-refractivity contribution in [2.75, 3.05) is 6.54 Å². The zero-order chi connectivity index (χ0) is 16.7. The van der Waals surface area contributed by atoms with E-state index in [0.717, 1.165) is 11.1 Å². The van der Waals surface area contributed by atoms with E-state index in [9.17, 15) is 9.59 Å². The molecular formula is C19H22N2O2. The molecule has 0 aliphatic carbocycles. The highest BCUT2D eigenvalue weighted by Gasteiger charge is 2.11. The van der Waals surface area contributed by atoms with Gasteiger partial charge < -0.3 is 11.1 Å². The number of aryl methyl sites for hydroxylation is 1. The summed E-state index contributed by atoms with van der Waals surface area (Å²) in [6.07, 6.45) is 0.379. The molecule has 1 atom stereocenters. The predicted molar refractivity (Wildman–Crippen MR) is 91.1 cm³/mol. The van der Waals surface area contributed by atoms with Gasteiger partial charge >= 0.3 is 0 Å². The zero-order valence-corrected chi connectivity index (χ0v) is 13.3. The second-order valence-electron chi connectivity index (χ2n) is 5.61. The van der Waals surface area contributed by atoms with Gasteiger partial charge in [-0.15, -0.1) is 0 Å². The van der Waals surface area contributed by atoms with Gasteiger partial charge in [0.25, 0.3) is 0 Å². The number of carbonyl (C=O) groups is 2. The van der Waals surface area contributed by atoms with Gasteiger partial charge in [0.2, 0.25) is 5.91 Å². The molecule has 120 valence electrons. The number of nitrogens with two attached hydrogens (primary N) is 1. The van der Waals surface area contributed by atoms with Crippen LogP contribution < -0.4 is 11.1 Å². The minimum atomic E-state index is -0.243. The number of nitrogens with one attached hydrogen (secondary N) is 1. The number of hydrogen-bond acceptors (Lipinski definition) is 3. The van der Waals surface area contributed by atoms with Crippen molar-refractivity contribution in [1.29, 1.82) is 0 Å². The quantitative estimate of drug-likeness (QED) is 0.772. The van der Waals surface area contributed by atoms with Crippen molar-refractivity contribution in [2.45, 2.75) is 25.8 Å². The number of benzene rings is 2. The van der Waals surface area contributed by atoms with E-state index in [1.807, 2.05) is 49.4 Å². The Labute approximate surface area is 136 Å². The third kappa shape index (κ3) is 5.34. The monoisotopic (exact) mass is 310 g/mol. The summed E-state index contributed by atoms with van der Waals surface area (Å²) in [6.45, 7) is 2.33. The minimum absolute atomic E-state index is 0.0208. The Morgan fingerprint density at radius 3 is 2.30 bits per heavy atom. The molecule has 2 rings (SSSR count). The minimum Gasteiger partial charge on any atom is -0.354 e. The number of carbonyl (C=O) groups excluding carboxylic acids is 2. The Morgan fingerprint density at radius 2 is 1.65 bits per heavy atom. The van der Waals surface area contributed by atoms with Crippen molar-refractivity contribution in [3.8, 4) is 0 Å². The Morgan fingerprint density at radius 1 is 1.00 bits per heavy atom. The molecule has 1 amide bonds. The smallest absolute Gasteiger partial charge is 0.220 e. The maximum absolute atomic E-state index is 12.0. The molecular weight excluding hydrogens is 288 g/mol.